The van der Waals surface area contributed by atoms with Crippen molar-refractivity contribution in [2.24, 2.45) is 5.10 Å². The van der Waals surface area contributed by atoms with E-state index in [9.17, 15) is 8.42 Å². The largest absolute Gasteiger partial charge is 0.276 e. The molecular formula is C20H25N5O2S. The van der Waals surface area contributed by atoms with Crippen LogP contribution in [0.25, 0.3) is 11.0 Å². The first kappa shape index (κ1) is 20.0. The van der Waals surface area contributed by atoms with Crippen LogP contribution in [0.3, 0.4) is 0 Å². The van der Waals surface area contributed by atoms with Crippen molar-refractivity contribution in [3.63, 3.8) is 0 Å². The summed E-state index contributed by atoms with van der Waals surface area (Å²) in [5, 5.41) is 12.6. The second-order valence-electron chi connectivity index (χ2n) is 6.78. The van der Waals surface area contributed by atoms with Gasteiger partial charge in [0.25, 0.3) is 10.0 Å². The number of para-hydroxylation sites is 1. The number of fused-ring (bicyclic) bond motifs is 1. The van der Waals surface area contributed by atoms with Gasteiger partial charge in [-0.15, -0.1) is 5.10 Å². The van der Waals surface area contributed by atoms with Gasteiger partial charge >= 0.3 is 0 Å². The van der Waals surface area contributed by atoms with Gasteiger partial charge in [0, 0.05) is 0 Å². The van der Waals surface area contributed by atoms with E-state index in [0.717, 1.165) is 41.6 Å². The molecular weight excluding hydrogens is 374 g/mol. The molecule has 148 valence electrons. The van der Waals surface area contributed by atoms with Crippen LogP contribution in [0.4, 0.5) is 0 Å². The maximum Gasteiger partial charge on any atom is 0.276 e. The van der Waals surface area contributed by atoms with Crippen LogP contribution >= 0.6 is 0 Å². The van der Waals surface area contributed by atoms with Gasteiger partial charge < -0.3 is 0 Å². The fourth-order valence-electron chi connectivity index (χ4n) is 2.85. The molecule has 0 atom stereocenters. The molecule has 0 saturated carbocycles. The monoisotopic (exact) mass is 399 g/mol. The normalized spacial score (nSPS) is 12.4. The van der Waals surface area contributed by atoms with Crippen LogP contribution < -0.4 is 4.83 Å². The topological polar surface area (TPSA) is 89.2 Å². The van der Waals surface area contributed by atoms with E-state index in [1.807, 2.05) is 31.2 Å². The number of hydrazone groups is 1. The lowest BCUT2D eigenvalue weighted by atomic mass is 10.1. The van der Waals surface area contributed by atoms with Crippen LogP contribution in [0.2, 0.25) is 0 Å². The molecule has 0 aliphatic rings. The second-order valence-corrected chi connectivity index (χ2v) is 8.44. The standard InChI is InChI=1S/C20H25N5O2S/c1-3-4-5-8-17(15-25-20-10-7-6-9-19(20)22-23-25)21-24-28(26,27)18-13-11-16(2)12-14-18/h6-7,9-14,24H,3-5,8,15H2,1-2H3. The summed E-state index contributed by atoms with van der Waals surface area (Å²) in [6.07, 6.45) is 3.77. The molecule has 0 aliphatic carbocycles. The molecule has 0 radical (unpaired) electrons. The van der Waals surface area contributed by atoms with E-state index in [1.165, 1.54) is 0 Å². The maximum atomic E-state index is 12.5. The number of nitrogens with zero attached hydrogens (tertiary/aromatic N) is 4. The molecule has 1 aromatic heterocycles. The van der Waals surface area contributed by atoms with Gasteiger partial charge in [0.05, 0.1) is 22.7 Å². The predicted molar refractivity (Wildman–Crippen MR) is 111 cm³/mol. The Labute approximate surface area is 165 Å². The minimum Gasteiger partial charge on any atom is -0.239 e. The molecule has 0 bridgehead atoms. The molecule has 0 saturated heterocycles. The number of aromatic nitrogens is 3. The summed E-state index contributed by atoms with van der Waals surface area (Å²) in [6.45, 7) is 4.43. The molecule has 7 nitrogen and oxygen atoms in total. The molecule has 3 aromatic rings. The third-order valence-electron chi connectivity index (χ3n) is 4.48. The molecule has 0 fully saturated rings. The third kappa shape index (κ3) is 4.95. The molecule has 0 unspecified atom stereocenters. The van der Waals surface area contributed by atoms with E-state index >= 15 is 0 Å². The van der Waals surface area contributed by atoms with Gasteiger partial charge in [-0.2, -0.15) is 13.5 Å². The van der Waals surface area contributed by atoms with Crippen molar-refractivity contribution in [1.29, 1.82) is 0 Å². The summed E-state index contributed by atoms with van der Waals surface area (Å²) in [4.78, 5) is 2.58. The summed E-state index contributed by atoms with van der Waals surface area (Å²) in [7, 11) is -3.71. The Bertz CT molecular complexity index is 1060. The highest BCUT2D eigenvalue weighted by molar-refractivity contribution is 7.89. The van der Waals surface area contributed by atoms with Crippen molar-refractivity contribution in [2.45, 2.75) is 51.0 Å². The molecule has 0 amide bonds. The maximum absolute atomic E-state index is 12.5. The highest BCUT2D eigenvalue weighted by Gasteiger charge is 2.14. The zero-order chi connectivity index (χ0) is 20.0. The SMILES string of the molecule is CCCCCC(Cn1nnc2ccccc21)=NNS(=O)(=O)c1ccc(C)cc1. The smallest absolute Gasteiger partial charge is 0.239 e. The van der Waals surface area contributed by atoms with Crippen LogP contribution in [-0.4, -0.2) is 29.1 Å². The van der Waals surface area contributed by atoms with Crippen LogP contribution in [0.5, 0.6) is 0 Å². The number of sulfonamides is 1. The Morgan fingerprint density at radius 1 is 1.11 bits per heavy atom. The van der Waals surface area contributed by atoms with Crippen molar-refractivity contribution in [3.8, 4) is 0 Å². The molecule has 1 heterocycles. The van der Waals surface area contributed by atoms with Gasteiger partial charge in [-0.25, -0.2) is 9.51 Å². The van der Waals surface area contributed by atoms with Gasteiger partial charge in [0.1, 0.15) is 5.52 Å². The van der Waals surface area contributed by atoms with Gasteiger partial charge in [-0.3, -0.25) is 0 Å². The first-order valence-electron chi connectivity index (χ1n) is 9.42. The zero-order valence-electron chi connectivity index (χ0n) is 16.2. The number of rotatable bonds is 9. The Morgan fingerprint density at radius 2 is 1.86 bits per heavy atom. The van der Waals surface area contributed by atoms with Crippen LogP contribution in [-0.2, 0) is 16.6 Å². The van der Waals surface area contributed by atoms with Gasteiger partial charge in [-0.1, -0.05) is 54.8 Å². The van der Waals surface area contributed by atoms with E-state index in [1.54, 1.807) is 28.9 Å². The van der Waals surface area contributed by atoms with Crippen molar-refractivity contribution < 1.29 is 8.42 Å². The Hall–Kier alpha value is -2.74. The molecule has 0 aliphatic heterocycles. The Balaban J connectivity index is 1.81. The molecule has 8 heteroatoms. The summed E-state index contributed by atoms with van der Waals surface area (Å²) < 4.78 is 26.8. The minimum absolute atomic E-state index is 0.195. The average Bonchev–Trinajstić information content (AvgIpc) is 3.09. The van der Waals surface area contributed by atoms with Gasteiger partial charge in [-0.05, 0) is 44.0 Å². The van der Waals surface area contributed by atoms with Crippen molar-refractivity contribution in [1.82, 2.24) is 19.8 Å². The highest BCUT2D eigenvalue weighted by atomic mass is 32.2. The highest BCUT2D eigenvalue weighted by Crippen LogP contribution is 2.13. The molecule has 3 rings (SSSR count). The van der Waals surface area contributed by atoms with Gasteiger partial charge in [0.2, 0.25) is 0 Å². The fourth-order valence-corrected chi connectivity index (χ4v) is 3.70. The lowest BCUT2D eigenvalue weighted by Gasteiger charge is -2.09. The fraction of sp³-hybridized carbons (Fsp3) is 0.350. The van der Waals surface area contributed by atoms with E-state index in [0.29, 0.717) is 13.0 Å². The Morgan fingerprint density at radius 3 is 2.61 bits per heavy atom. The number of unbranched alkanes of at least 4 members (excludes halogenated alkanes) is 2. The van der Waals surface area contributed by atoms with Crippen molar-refractivity contribution in [2.75, 3.05) is 0 Å². The third-order valence-corrected chi connectivity index (χ3v) is 5.70. The summed E-state index contributed by atoms with van der Waals surface area (Å²) in [6, 6.07) is 14.4. The molecule has 0 spiro atoms. The first-order chi connectivity index (χ1) is 13.5. The van der Waals surface area contributed by atoms with Crippen molar-refractivity contribution >= 4 is 26.8 Å². The van der Waals surface area contributed by atoms with Crippen LogP contribution in [0, 0.1) is 6.92 Å². The van der Waals surface area contributed by atoms with E-state index in [4.69, 9.17) is 0 Å². The van der Waals surface area contributed by atoms with Crippen molar-refractivity contribution in [3.05, 3.63) is 54.1 Å². The number of nitrogens with one attached hydrogen (secondary N) is 1. The van der Waals surface area contributed by atoms with E-state index in [-0.39, 0.29) is 4.90 Å². The molecule has 28 heavy (non-hydrogen) atoms. The van der Waals surface area contributed by atoms with Crippen LogP contribution in [0.1, 0.15) is 38.2 Å². The van der Waals surface area contributed by atoms with E-state index < -0.39 is 10.0 Å². The predicted octanol–water partition coefficient (Wildman–Crippen LogP) is 3.65. The zero-order valence-corrected chi connectivity index (χ0v) is 17.0. The lowest BCUT2D eigenvalue weighted by Crippen LogP contribution is -2.22. The van der Waals surface area contributed by atoms with Gasteiger partial charge in [0.15, 0.2) is 0 Å². The number of benzene rings is 2. The molecule has 1 N–H and O–H groups in total. The lowest BCUT2D eigenvalue weighted by molar-refractivity contribution is 0.583. The summed E-state index contributed by atoms with van der Waals surface area (Å²) in [5.74, 6) is 0. The first-order valence-corrected chi connectivity index (χ1v) is 10.9. The Kier molecular flexibility index (Phi) is 6.41. The van der Waals surface area contributed by atoms with E-state index in [2.05, 4.69) is 27.2 Å². The van der Waals surface area contributed by atoms with Crippen LogP contribution in [0.15, 0.2) is 58.5 Å². The second kappa shape index (κ2) is 8.97. The number of hydrogen-bond donors (Lipinski definition) is 1. The summed E-state index contributed by atoms with van der Waals surface area (Å²) >= 11 is 0. The molecule has 2 aromatic carbocycles. The quantitative estimate of drug-likeness (QED) is 0.338. The average molecular weight is 400 g/mol. The summed E-state index contributed by atoms with van der Waals surface area (Å²) in [5.41, 5.74) is 3.42. The minimum atomic E-state index is -3.71. The number of hydrogen-bond acceptors (Lipinski definition) is 5. The number of aryl methyl sites for hydroxylation is 1.